The van der Waals surface area contributed by atoms with Gasteiger partial charge >= 0.3 is 0 Å². The molecule has 1 aliphatic carbocycles. The number of amides is 2. The van der Waals surface area contributed by atoms with E-state index >= 15 is 0 Å². The van der Waals surface area contributed by atoms with Gasteiger partial charge in [0.25, 0.3) is 0 Å². The monoisotopic (exact) mass is 412 g/mol. The third-order valence-electron chi connectivity index (χ3n) is 6.37. The van der Waals surface area contributed by atoms with Gasteiger partial charge in [-0.15, -0.1) is 11.3 Å². The van der Waals surface area contributed by atoms with Crippen molar-refractivity contribution in [3.8, 4) is 5.75 Å². The number of ether oxygens (including phenoxy) is 1. The summed E-state index contributed by atoms with van der Waals surface area (Å²) in [5, 5.41) is 5.12. The molecule has 6 heteroatoms. The van der Waals surface area contributed by atoms with Gasteiger partial charge in [-0.1, -0.05) is 18.2 Å². The molecule has 1 saturated heterocycles. The molecule has 0 unspecified atom stereocenters. The van der Waals surface area contributed by atoms with Crippen molar-refractivity contribution in [2.75, 3.05) is 26.7 Å². The number of thiophene rings is 1. The van der Waals surface area contributed by atoms with Gasteiger partial charge in [0.05, 0.1) is 13.5 Å². The number of rotatable bonds is 7. The van der Waals surface area contributed by atoms with Crippen LogP contribution < -0.4 is 10.1 Å². The van der Waals surface area contributed by atoms with E-state index in [4.69, 9.17) is 4.74 Å². The summed E-state index contributed by atoms with van der Waals surface area (Å²) in [5.41, 5.74) is 1.28. The normalized spacial score (nSPS) is 19.8. The van der Waals surface area contributed by atoms with Crippen molar-refractivity contribution in [1.82, 2.24) is 10.2 Å². The Bertz CT molecular complexity index is 857. The van der Waals surface area contributed by atoms with Crippen LogP contribution in [0.1, 0.15) is 29.7 Å². The summed E-state index contributed by atoms with van der Waals surface area (Å²) in [5.74, 6) is 1.34. The fourth-order valence-corrected chi connectivity index (χ4v) is 5.12. The number of piperidine rings is 1. The minimum atomic E-state index is 0.113. The molecule has 29 heavy (non-hydrogen) atoms. The predicted octanol–water partition coefficient (Wildman–Crippen LogP) is 3.29. The molecule has 1 atom stereocenters. The van der Waals surface area contributed by atoms with Crippen LogP contribution in [0.2, 0.25) is 0 Å². The lowest BCUT2D eigenvalue weighted by molar-refractivity contribution is -0.132. The molecule has 1 N–H and O–H groups in total. The molecule has 5 nitrogen and oxygen atoms in total. The molecular weight excluding hydrogens is 384 g/mol. The van der Waals surface area contributed by atoms with E-state index < -0.39 is 0 Å². The van der Waals surface area contributed by atoms with Crippen LogP contribution in [0, 0.1) is 11.3 Å². The Balaban J connectivity index is 1.20. The Labute approximate surface area is 176 Å². The van der Waals surface area contributed by atoms with E-state index in [9.17, 15) is 9.59 Å². The zero-order valence-electron chi connectivity index (χ0n) is 16.9. The number of nitrogens with zero attached hydrogens (tertiary/aromatic N) is 1. The molecule has 154 valence electrons. The molecule has 0 radical (unpaired) electrons. The fourth-order valence-electron chi connectivity index (χ4n) is 4.43. The summed E-state index contributed by atoms with van der Waals surface area (Å²) in [6.07, 6.45) is 4.14. The van der Waals surface area contributed by atoms with Crippen LogP contribution in [-0.2, 0) is 22.4 Å². The smallest absolute Gasteiger partial charge is 0.227 e. The number of carbonyl (C=O) groups is 2. The Hall–Kier alpha value is -2.34. The van der Waals surface area contributed by atoms with Crippen molar-refractivity contribution in [2.24, 2.45) is 11.3 Å². The SMILES string of the molecule is COc1cccc(CCNC(=O)[C@@H]2CC23CCN(C(=O)Cc2cccs2)CC3)c1. The van der Waals surface area contributed by atoms with Crippen LogP contribution in [0.5, 0.6) is 5.75 Å². The number of methoxy groups -OCH3 is 1. The molecule has 1 aliphatic heterocycles. The molecule has 2 fully saturated rings. The van der Waals surface area contributed by atoms with Gasteiger partial charge in [0.15, 0.2) is 0 Å². The van der Waals surface area contributed by atoms with Crippen molar-refractivity contribution in [3.63, 3.8) is 0 Å². The highest BCUT2D eigenvalue weighted by atomic mass is 32.1. The fraction of sp³-hybridized carbons (Fsp3) is 0.478. The second kappa shape index (κ2) is 8.57. The number of nitrogens with one attached hydrogen (secondary N) is 1. The summed E-state index contributed by atoms with van der Waals surface area (Å²) < 4.78 is 5.25. The van der Waals surface area contributed by atoms with E-state index in [0.717, 1.165) is 55.0 Å². The maximum Gasteiger partial charge on any atom is 0.227 e. The van der Waals surface area contributed by atoms with Crippen molar-refractivity contribution < 1.29 is 14.3 Å². The topological polar surface area (TPSA) is 58.6 Å². The van der Waals surface area contributed by atoms with Gasteiger partial charge in [0.2, 0.25) is 11.8 Å². The van der Waals surface area contributed by atoms with E-state index in [2.05, 4.69) is 11.4 Å². The summed E-state index contributed by atoms with van der Waals surface area (Å²) in [6.45, 7) is 2.19. The van der Waals surface area contributed by atoms with Gasteiger partial charge in [0, 0.05) is 30.4 Å². The average molecular weight is 413 g/mol. The van der Waals surface area contributed by atoms with Crippen LogP contribution in [0.3, 0.4) is 0 Å². The summed E-state index contributed by atoms with van der Waals surface area (Å²) in [6, 6.07) is 12.0. The minimum absolute atomic E-state index is 0.113. The molecule has 2 aliphatic rings. The molecule has 0 bridgehead atoms. The standard InChI is InChI=1S/C23H28N2O3S/c1-28-18-5-2-4-17(14-18)7-10-24-22(27)20-16-23(20)8-11-25(12-9-23)21(26)15-19-6-3-13-29-19/h2-6,13-14,20H,7-12,15-16H2,1H3,(H,24,27)/t20-/m0/s1. The molecule has 1 aromatic heterocycles. The quantitative estimate of drug-likeness (QED) is 0.759. The van der Waals surface area contributed by atoms with Crippen molar-refractivity contribution >= 4 is 23.2 Å². The van der Waals surface area contributed by atoms with E-state index in [-0.39, 0.29) is 23.1 Å². The lowest BCUT2D eigenvalue weighted by Gasteiger charge is -2.33. The van der Waals surface area contributed by atoms with Gasteiger partial charge in [-0.2, -0.15) is 0 Å². The number of benzene rings is 1. The molecule has 1 spiro atoms. The first-order valence-corrected chi connectivity index (χ1v) is 11.2. The molecular formula is C23H28N2O3S. The van der Waals surface area contributed by atoms with Crippen LogP contribution in [0.4, 0.5) is 0 Å². The third kappa shape index (κ3) is 4.64. The lowest BCUT2D eigenvalue weighted by atomic mass is 9.90. The van der Waals surface area contributed by atoms with Crippen LogP contribution in [0.25, 0.3) is 0 Å². The Morgan fingerprint density at radius 3 is 2.79 bits per heavy atom. The zero-order chi connectivity index (χ0) is 20.3. The maximum absolute atomic E-state index is 12.6. The Morgan fingerprint density at radius 1 is 1.24 bits per heavy atom. The number of hydrogen-bond acceptors (Lipinski definition) is 4. The number of carbonyl (C=O) groups excluding carboxylic acids is 2. The first kappa shape index (κ1) is 20.0. The molecule has 1 aromatic carbocycles. The number of likely N-dealkylation sites (tertiary alicyclic amines) is 1. The third-order valence-corrected chi connectivity index (χ3v) is 7.25. The van der Waals surface area contributed by atoms with Gasteiger partial charge in [-0.05, 0) is 60.2 Å². The molecule has 2 aromatic rings. The highest BCUT2D eigenvalue weighted by molar-refractivity contribution is 7.10. The summed E-state index contributed by atoms with van der Waals surface area (Å²) in [4.78, 5) is 28.2. The van der Waals surface area contributed by atoms with Gasteiger partial charge in [0.1, 0.15) is 5.75 Å². The first-order chi connectivity index (χ1) is 14.1. The lowest BCUT2D eigenvalue weighted by Crippen LogP contribution is -2.41. The second-order valence-corrected chi connectivity index (χ2v) is 9.18. The molecule has 2 heterocycles. The molecule has 4 rings (SSSR count). The highest BCUT2D eigenvalue weighted by Crippen LogP contribution is 2.59. The average Bonchev–Trinajstić information content (AvgIpc) is 3.18. The predicted molar refractivity (Wildman–Crippen MR) is 114 cm³/mol. The Kier molecular flexibility index (Phi) is 5.90. The molecule has 2 amide bonds. The van der Waals surface area contributed by atoms with Crippen molar-refractivity contribution in [1.29, 1.82) is 0 Å². The first-order valence-electron chi connectivity index (χ1n) is 10.3. The van der Waals surface area contributed by atoms with Gasteiger partial charge in [-0.3, -0.25) is 9.59 Å². The second-order valence-electron chi connectivity index (χ2n) is 8.15. The minimum Gasteiger partial charge on any atom is -0.497 e. The van der Waals surface area contributed by atoms with E-state index in [1.807, 2.05) is 40.6 Å². The highest BCUT2D eigenvalue weighted by Gasteiger charge is 2.58. The van der Waals surface area contributed by atoms with E-state index in [1.54, 1.807) is 18.4 Å². The van der Waals surface area contributed by atoms with Crippen molar-refractivity contribution in [3.05, 3.63) is 52.2 Å². The van der Waals surface area contributed by atoms with Crippen molar-refractivity contribution in [2.45, 2.75) is 32.1 Å². The number of hydrogen-bond donors (Lipinski definition) is 1. The maximum atomic E-state index is 12.6. The van der Waals surface area contributed by atoms with Crippen LogP contribution in [-0.4, -0.2) is 43.5 Å². The molecule has 1 saturated carbocycles. The van der Waals surface area contributed by atoms with Crippen LogP contribution in [0.15, 0.2) is 41.8 Å². The van der Waals surface area contributed by atoms with Crippen LogP contribution >= 0.6 is 11.3 Å². The zero-order valence-corrected chi connectivity index (χ0v) is 17.7. The summed E-state index contributed by atoms with van der Waals surface area (Å²) >= 11 is 1.63. The van der Waals surface area contributed by atoms with E-state index in [0.29, 0.717) is 13.0 Å². The van der Waals surface area contributed by atoms with Gasteiger partial charge in [-0.25, -0.2) is 0 Å². The summed E-state index contributed by atoms with van der Waals surface area (Å²) in [7, 11) is 1.66. The van der Waals surface area contributed by atoms with E-state index in [1.165, 1.54) is 0 Å². The Morgan fingerprint density at radius 2 is 2.07 bits per heavy atom. The largest absolute Gasteiger partial charge is 0.497 e. The van der Waals surface area contributed by atoms with Gasteiger partial charge < -0.3 is 15.0 Å².